The van der Waals surface area contributed by atoms with Crippen LogP contribution in [-0.2, 0) is 13.9 Å². The van der Waals surface area contributed by atoms with Gasteiger partial charge in [-0.1, -0.05) is 25.9 Å². The summed E-state index contributed by atoms with van der Waals surface area (Å²) < 4.78 is 16.6. The third kappa shape index (κ3) is 9.02. The van der Waals surface area contributed by atoms with Gasteiger partial charge in [-0.3, -0.25) is 0 Å². The summed E-state index contributed by atoms with van der Waals surface area (Å²) in [4.78, 5) is 2.64. The summed E-state index contributed by atoms with van der Waals surface area (Å²) >= 11 is 0. The van der Waals surface area contributed by atoms with Gasteiger partial charge in [0.1, 0.15) is 0 Å². The number of hydrogen-bond acceptors (Lipinski definition) is 4. The van der Waals surface area contributed by atoms with Crippen LogP contribution in [0.5, 0.6) is 0 Å². The molecular formula is C12H27N3O3Si. The van der Waals surface area contributed by atoms with Gasteiger partial charge >= 0.3 is 0 Å². The number of hydrogen-bond donors (Lipinski definition) is 0. The second kappa shape index (κ2) is 9.33. The fourth-order valence-corrected chi connectivity index (χ4v) is 2.07. The molecule has 0 saturated heterocycles. The Balaban J connectivity index is 3.43. The molecule has 0 aliphatic rings. The van der Waals surface area contributed by atoms with Crippen molar-refractivity contribution in [2.45, 2.75) is 38.9 Å². The first-order valence-corrected chi connectivity index (χ1v) is 9.52. The lowest BCUT2D eigenvalue weighted by molar-refractivity contribution is 0.0370. The van der Waals surface area contributed by atoms with Crippen LogP contribution in [0.15, 0.2) is 5.11 Å². The molecule has 0 atom stereocenters. The molecule has 0 aromatic rings. The first-order chi connectivity index (χ1) is 8.81. The molecule has 0 aliphatic heterocycles. The van der Waals surface area contributed by atoms with Crippen LogP contribution in [0.4, 0.5) is 0 Å². The predicted octanol–water partition coefficient (Wildman–Crippen LogP) is 3.35. The molecule has 0 N–H and O–H groups in total. The summed E-state index contributed by atoms with van der Waals surface area (Å²) in [5.41, 5.74) is 8.06. The summed E-state index contributed by atoms with van der Waals surface area (Å²) in [5.74, 6) is 0. The van der Waals surface area contributed by atoms with Gasteiger partial charge in [0.2, 0.25) is 0 Å². The topological polar surface area (TPSA) is 76.5 Å². The molecule has 0 aromatic heterocycles. The Morgan fingerprint density at radius 2 is 1.53 bits per heavy atom. The molecule has 0 unspecified atom stereocenters. The van der Waals surface area contributed by atoms with Crippen LogP contribution in [0.25, 0.3) is 10.4 Å². The van der Waals surface area contributed by atoms with Gasteiger partial charge in [-0.2, -0.15) is 0 Å². The molecular weight excluding hydrogens is 262 g/mol. The summed E-state index contributed by atoms with van der Waals surface area (Å²) in [6, 6.07) is 0. The average Bonchev–Trinajstić information content (AvgIpc) is 2.30. The Morgan fingerprint density at radius 3 is 2.05 bits per heavy atom. The molecule has 0 spiro atoms. The second-order valence-corrected chi connectivity index (χ2v) is 10.6. The number of ether oxygens (including phenoxy) is 2. The van der Waals surface area contributed by atoms with Crippen molar-refractivity contribution in [1.82, 2.24) is 0 Å². The molecule has 0 radical (unpaired) electrons. The Hall–Kier alpha value is -0.593. The van der Waals surface area contributed by atoms with E-state index in [0.29, 0.717) is 39.6 Å². The van der Waals surface area contributed by atoms with Crippen molar-refractivity contribution in [1.29, 1.82) is 0 Å². The minimum atomic E-state index is -1.65. The molecule has 0 aliphatic carbocycles. The fourth-order valence-electron chi connectivity index (χ4n) is 1.04. The number of nitrogens with zero attached hydrogens (tertiary/aromatic N) is 3. The molecule has 0 fully saturated rings. The highest BCUT2D eigenvalue weighted by molar-refractivity contribution is 6.74. The average molecular weight is 289 g/mol. The van der Waals surface area contributed by atoms with E-state index in [-0.39, 0.29) is 5.04 Å². The van der Waals surface area contributed by atoms with Crippen LogP contribution in [0, 0.1) is 0 Å². The number of azide groups is 1. The van der Waals surface area contributed by atoms with Crippen molar-refractivity contribution < 1.29 is 13.9 Å². The van der Waals surface area contributed by atoms with Crippen molar-refractivity contribution in [3.8, 4) is 0 Å². The summed E-state index contributed by atoms with van der Waals surface area (Å²) in [6.07, 6.45) is 0. The highest BCUT2D eigenvalue weighted by atomic mass is 28.4. The van der Waals surface area contributed by atoms with Gasteiger partial charge < -0.3 is 13.9 Å². The molecule has 19 heavy (non-hydrogen) atoms. The Bertz CT molecular complexity index is 286. The SMILES string of the molecule is CC(C)(C)[Si](C)(C)OCCOCCOCCN=[N+]=[N-]. The van der Waals surface area contributed by atoms with Crippen LogP contribution >= 0.6 is 0 Å². The predicted molar refractivity (Wildman–Crippen MR) is 78.8 cm³/mol. The van der Waals surface area contributed by atoms with Crippen LogP contribution < -0.4 is 0 Å². The fraction of sp³-hybridized carbons (Fsp3) is 1.00. The van der Waals surface area contributed by atoms with E-state index in [1.54, 1.807) is 0 Å². The largest absolute Gasteiger partial charge is 0.414 e. The molecule has 0 saturated carbocycles. The van der Waals surface area contributed by atoms with E-state index < -0.39 is 8.32 Å². The maximum Gasteiger partial charge on any atom is 0.192 e. The van der Waals surface area contributed by atoms with Crippen LogP contribution in [0.3, 0.4) is 0 Å². The highest BCUT2D eigenvalue weighted by Crippen LogP contribution is 2.36. The van der Waals surface area contributed by atoms with Crippen molar-refractivity contribution in [3.05, 3.63) is 10.4 Å². The van der Waals surface area contributed by atoms with Crippen LogP contribution in [0.1, 0.15) is 20.8 Å². The van der Waals surface area contributed by atoms with Crippen LogP contribution in [-0.4, -0.2) is 47.9 Å². The van der Waals surface area contributed by atoms with E-state index in [0.717, 1.165) is 0 Å². The molecule has 112 valence electrons. The van der Waals surface area contributed by atoms with Gasteiger partial charge in [0, 0.05) is 11.5 Å². The summed E-state index contributed by atoms with van der Waals surface area (Å²) in [6.45, 7) is 14.2. The van der Waals surface area contributed by atoms with Gasteiger partial charge in [-0.05, 0) is 23.7 Å². The van der Waals surface area contributed by atoms with E-state index in [2.05, 4.69) is 43.9 Å². The van der Waals surface area contributed by atoms with Gasteiger partial charge in [0.05, 0.1) is 33.0 Å². The van der Waals surface area contributed by atoms with Crippen molar-refractivity contribution >= 4 is 8.32 Å². The van der Waals surface area contributed by atoms with Gasteiger partial charge in [-0.25, -0.2) is 0 Å². The Morgan fingerprint density at radius 1 is 1.00 bits per heavy atom. The van der Waals surface area contributed by atoms with E-state index in [1.807, 2.05) is 0 Å². The van der Waals surface area contributed by atoms with Crippen molar-refractivity contribution in [2.24, 2.45) is 5.11 Å². The summed E-state index contributed by atoms with van der Waals surface area (Å²) in [5, 5.41) is 3.60. The first-order valence-electron chi connectivity index (χ1n) is 6.61. The zero-order chi connectivity index (χ0) is 14.8. The molecule has 0 rings (SSSR count). The zero-order valence-corrected chi connectivity index (χ0v) is 13.8. The second-order valence-electron chi connectivity index (χ2n) is 5.79. The monoisotopic (exact) mass is 289 g/mol. The number of rotatable bonds is 10. The molecule has 7 heteroatoms. The smallest absolute Gasteiger partial charge is 0.192 e. The van der Waals surface area contributed by atoms with E-state index in [9.17, 15) is 0 Å². The molecule has 0 bridgehead atoms. The maximum atomic E-state index is 8.06. The standard InChI is InChI=1S/C12H27N3O3Si/c1-12(2,3)19(4,5)18-11-10-17-9-8-16-7-6-14-15-13/h6-11H2,1-5H3. The normalized spacial score (nSPS) is 12.3. The van der Waals surface area contributed by atoms with Crippen molar-refractivity contribution in [2.75, 3.05) is 39.6 Å². The van der Waals surface area contributed by atoms with Gasteiger partial charge in [0.15, 0.2) is 8.32 Å². The lowest BCUT2D eigenvalue weighted by Gasteiger charge is -2.36. The third-order valence-corrected chi connectivity index (χ3v) is 7.81. The van der Waals surface area contributed by atoms with Crippen molar-refractivity contribution in [3.63, 3.8) is 0 Å². The lowest BCUT2D eigenvalue weighted by atomic mass is 10.2. The van der Waals surface area contributed by atoms with E-state index >= 15 is 0 Å². The van der Waals surface area contributed by atoms with E-state index in [4.69, 9.17) is 19.4 Å². The Kier molecular flexibility index (Phi) is 9.04. The summed E-state index contributed by atoms with van der Waals surface area (Å²) in [7, 11) is -1.65. The highest BCUT2D eigenvalue weighted by Gasteiger charge is 2.36. The van der Waals surface area contributed by atoms with Crippen LogP contribution in [0.2, 0.25) is 18.1 Å². The first kappa shape index (κ1) is 18.4. The maximum absolute atomic E-state index is 8.06. The zero-order valence-electron chi connectivity index (χ0n) is 12.8. The third-order valence-electron chi connectivity index (χ3n) is 3.27. The minimum Gasteiger partial charge on any atom is -0.414 e. The van der Waals surface area contributed by atoms with Gasteiger partial charge in [-0.15, -0.1) is 0 Å². The quantitative estimate of drug-likeness (QED) is 0.203. The molecule has 0 aromatic carbocycles. The van der Waals surface area contributed by atoms with E-state index in [1.165, 1.54) is 0 Å². The lowest BCUT2D eigenvalue weighted by Crippen LogP contribution is -2.41. The Labute approximate surface area is 117 Å². The molecule has 0 amide bonds. The van der Waals surface area contributed by atoms with Gasteiger partial charge in [0.25, 0.3) is 0 Å². The minimum absolute atomic E-state index is 0.234. The molecule has 6 nitrogen and oxygen atoms in total. The molecule has 0 heterocycles.